The molecule has 0 saturated carbocycles. The van der Waals surface area contributed by atoms with Crippen molar-refractivity contribution in [3.8, 4) is 0 Å². The summed E-state index contributed by atoms with van der Waals surface area (Å²) < 4.78 is 17.5. The molecule has 0 spiro atoms. The van der Waals surface area contributed by atoms with Crippen molar-refractivity contribution in [2.24, 2.45) is 0 Å². The lowest BCUT2D eigenvalue weighted by Gasteiger charge is -2.39. The summed E-state index contributed by atoms with van der Waals surface area (Å²) in [6.07, 6.45) is -1.09. The molecular weight excluding hydrogens is 145 g/mol. The number of nitrogens with zero attached hydrogens (tertiary/aromatic N) is 1. The monoisotopic (exact) mass is 161 g/mol. The third kappa shape index (κ3) is 2.42. The minimum absolute atomic E-state index is 0.0636. The Morgan fingerprint density at radius 1 is 1.45 bits per heavy atom. The van der Waals surface area contributed by atoms with Crippen molar-refractivity contribution >= 4 is 0 Å². The average molecular weight is 161 g/mol. The van der Waals surface area contributed by atoms with Gasteiger partial charge in [-0.25, -0.2) is 4.39 Å². The quantitative estimate of drug-likeness (QED) is 0.532. The average Bonchev–Trinajstić information content (AvgIpc) is 1.86. The Balaban J connectivity index is 2.46. The molecule has 1 aliphatic heterocycles. The van der Waals surface area contributed by atoms with Crippen LogP contribution in [0.4, 0.5) is 4.39 Å². The first-order chi connectivity index (χ1) is 5.00. The molecule has 0 N–H and O–H groups in total. The summed E-state index contributed by atoms with van der Waals surface area (Å²) in [6, 6.07) is 0. The lowest BCUT2D eigenvalue weighted by molar-refractivity contribution is -0.117. The van der Waals surface area contributed by atoms with Gasteiger partial charge >= 0.3 is 0 Å². The van der Waals surface area contributed by atoms with E-state index < -0.39 is 6.36 Å². The number of hydrogen-bond acceptors (Lipinski definition) is 2. The van der Waals surface area contributed by atoms with Gasteiger partial charge in [0.05, 0.1) is 13.2 Å². The van der Waals surface area contributed by atoms with Crippen LogP contribution in [0, 0.1) is 0 Å². The Hall–Kier alpha value is -0.150. The van der Waals surface area contributed by atoms with Gasteiger partial charge in [-0.1, -0.05) is 0 Å². The Morgan fingerprint density at radius 3 is 2.45 bits per heavy atom. The van der Waals surface area contributed by atoms with Crippen LogP contribution >= 0.6 is 0 Å². The van der Waals surface area contributed by atoms with Crippen LogP contribution in [-0.2, 0) is 4.74 Å². The van der Waals surface area contributed by atoms with Gasteiger partial charge < -0.3 is 4.74 Å². The van der Waals surface area contributed by atoms with Crippen LogP contribution < -0.4 is 0 Å². The Labute approximate surface area is 67.3 Å². The molecular formula is C8H16FNO. The van der Waals surface area contributed by atoms with E-state index in [1.54, 1.807) is 0 Å². The second-order valence-electron chi connectivity index (χ2n) is 3.90. The normalized spacial score (nSPS) is 28.9. The molecule has 0 unspecified atom stereocenters. The summed E-state index contributed by atoms with van der Waals surface area (Å²) in [6.45, 7) is 8.02. The van der Waals surface area contributed by atoms with Gasteiger partial charge in [-0.15, -0.1) is 0 Å². The van der Waals surface area contributed by atoms with Crippen LogP contribution in [0.1, 0.15) is 20.8 Å². The van der Waals surface area contributed by atoms with Gasteiger partial charge in [0.15, 0.2) is 0 Å². The van der Waals surface area contributed by atoms with Crippen molar-refractivity contribution in [1.82, 2.24) is 4.90 Å². The largest absolute Gasteiger partial charge is 0.346 e. The van der Waals surface area contributed by atoms with Crippen LogP contribution in [-0.4, -0.2) is 36.5 Å². The van der Waals surface area contributed by atoms with E-state index in [9.17, 15) is 4.39 Å². The molecule has 0 bridgehead atoms. The number of halogens is 1. The molecule has 0 aromatic carbocycles. The highest BCUT2D eigenvalue weighted by molar-refractivity contribution is 4.78. The van der Waals surface area contributed by atoms with Crippen LogP contribution in [0.3, 0.4) is 0 Å². The predicted octanol–water partition coefficient (Wildman–Crippen LogP) is 1.41. The molecule has 0 aromatic rings. The maximum Gasteiger partial charge on any atom is 0.211 e. The molecule has 0 amide bonds. The molecule has 1 heterocycles. The summed E-state index contributed by atoms with van der Waals surface area (Å²) in [5.74, 6) is 0. The number of rotatable bonds is 0. The fraction of sp³-hybridized carbons (Fsp3) is 1.00. The van der Waals surface area contributed by atoms with Crippen molar-refractivity contribution in [3.63, 3.8) is 0 Å². The molecule has 0 radical (unpaired) electrons. The fourth-order valence-electron chi connectivity index (χ4n) is 1.22. The van der Waals surface area contributed by atoms with Crippen molar-refractivity contribution < 1.29 is 9.13 Å². The third-order valence-electron chi connectivity index (χ3n) is 1.97. The van der Waals surface area contributed by atoms with E-state index in [0.29, 0.717) is 13.2 Å². The molecule has 0 aromatic heterocycles. The maximum atomic E-state index is 12.7. The van der Waals surface area contributed by atoms with Crippen LogP contribution in [0.5, 0.6) is 0 Å². The van der Waals surface area contributed by atoms with E-state index in [2.05, 4.69) is 25.7 Å². The van der Waals surface area contributed by atoms with Gasteiger partial charge in [0.1, 0.15) is 0 Å². The molecule has 3 heteroatoms. The number of morpholine rings is 1. The second-order valence-corrected chi connectivity index (χ2v) is 3.90. The standard InChI is InChI=1S/C8H16FNO/c1-8(2,3)10-4-5-11-7(9)6-10/h7H,4-6H2,1-3H3/t7-/m1/s1. The van der Waals surface area contributed by atoms with Crippen molar-refractivity contribution in [3.05, 3.63) is 0 Å². The summed E-state index contributed by atoms with van der Waals surface area (Å²) >= 11 is 0. The van der Waals surface area contributed by atoms with E-state index in [4.69, 9.17) is 4.74 Å². The van der Waals surface area contributed by atoms with Gasteiger partial charge in [0.2, 0.25) is 6.36 Å². The Morgan fingerprint density at radius 2 is 2.09 bits per heavy atom. The molecule has 0 aliphatic carbocycles. The summed E-state index contributed by atoms with van der Waals surface area (Å²) in [5, 5.41) is 0. The van der Waals surface area contributed by atoms with Gasteiger partial charge in [-0.2, -0.15) is 0 Å². The Kier molecular flexibility index (Phi) is 2.50. The summed E-state index contributed by atoms with van der Waals surface area (Å²) in [5.41, 5.74) is 0.0636. The summed E-state index contributed by atoms with van der Waals surface area (Å²) in [4.78, 5) is 2.10. The molecule has 11 heavy (non-hydrogen) atoms. The minimum Gasteiger partial charge on any atom is -0.346 e. The maximum absolute atomic E-state index is 12.7. The summed E-state index contributed by atoms with van der Waals surface area (Å²) in [7, 11) is 0. The highest BCUT2D eigenvalue weighted by Crippen LogP contribution is 2.17. The highest BCUT2D eigenvalue weighted by atomic mass is 19.1. The number of hydrogen-bond donors (Lipinski definition) is 0. The number of ether oxygens (including phenoxy) is 1. The van der Waals surface area contributed by atoms with E-state index >= 15 is 0 Å². The van der Waals surface area contributed by atoms with Crippen LogP contribution in [0.15, 0.2) is 0 Å². The molecule has 1 rings (SSSR count). The first-order valence-electron chi connectivity index (χ1n) is 4.01. The molecule has 1 atom stereocenters. The first-order valence-corrected chi connectivity index (χ1v) is 4.01. The zero-order valence-electron chi connectivity index (χ0n) is 7.43. The predicted molar refractivity (Wildman–Crippen MR) is 42.2 cm³/mol. The lowest BCUT2D eigenvalue weighted by Crippen LogP contribution is -2.50. The van der Waals surface area contributed by atoms with E-state index in [1.807, 2.05) is 0 Å². The van der Waals surface area contributed by atoms with Crippen molar-refractivity contribution in [2.45, 2.75) is 32.7 Å². The fourth-order valence-corrected chi connectivity index (χ4v) is 1.22. The highest BCUT2D eigenvalue weighted by Gasteiger charge is 2.27. The molecule has 1 aliphatic rings. The van der Waals surface area contributed by atoms with Gasteiger partial charge in [-0.05, 0) is 20.8 Å². The van der Waals surface area contributed by atoms with Crippen molar-refractivity contribution in [1.29, 1.82) is 0 Å². The molecule has 1 fully saturated rings. The second kappa shape index (κ2) is 3.07. The topological polar surface area (TPSA) is 12.5 Å². The van der Waals surface area contributed by atoms with E-state index in [0.717, 1.165) is 6.54 Å². The van der Waals surface area contributed by atoms with Gasteiger partial charge in [0.25, 0.3) is 0 Å². The molecule has 66 valence electrons. The van der Waals surface area contributed by atoms with Crippen LogP contribution in [0.2, 0.25) is 0 Å². The Bertz CT molecular complexity index is 133. The van der Waals surface area contributed by atoms with E-state index in [1.165, 1.54) is 0 Å². The minimum atomic E-state index is -1.09. The molecule has 2 nitrogen and oxygen atoms in total. The zero-order chi connectivity index (χ0) is 8.48. The molecule has 1 saturated heterocycles. The zero-order valence-corrected chi connectivity index (χ0v) is 7.43. The van der Waals surface area contributed by atoms with Crippen LogP contribution in [0.25, 0.3) is 0 Å². The van der Waals surface area contributed by atoms with E-state index in [-0.39, 0.29) is 5.54 Å². The third-order valence-corrected chi connectivity index (χ3v) is 1.97. The SMILES string of the molecule is CC(C)(C)N1CCO[C@@H](F)C1. The van der Waals surface area contributed by atoms with Gasteiger partial charge in [0, 0.05) is 12.1 Å². The van der Waals surface area contributed by atoms with Gasteiger partial charge in [-0.3, -0.25) is 4.90 Å². The first kappa shape index (κ1) is 8.94. The smallest absolute Gasteiger partial charge is 0.211 e. The van der Waals surface area contributed by atoms with Crippen molar-refractivity contribution in [2.75, 3.05) is 19.7 Å². The number of alkyl halides is 1. The lowest BCUT2D eigenvalue weighted by atomic mass is 10.1.